The van der Waals surface area contributed by atoms with E-state index < -0.39 is 0 Å². The van der Waals surface area contributed by atoms with Gasteiger partial charge in [-0.2, -0.15) is 0 Å². The highest BCUT2D eigenvalue weighted by Crippen LogP contribution is 2.38. The van der Waals surface area contributed by atoms with E-state index in [4.69, 9.17) is 5.73 Å². The molecule has 0 saturated heterocycles. The van der Waals surface area contributed by atoms with Crippen molar-refractivity contribution in [3.05, 3.63) is 96.1 Å². The van der Waals surface area contributed by atoms with E-state index in [1.165, 1.54) is 55.2 Å². The SMILES string of the molecule is Cc1ccc(-c2[nH]c3ccc(-c4ccccc4)cc3c2CCCCN)c2ccccc12. The molecule has 0 atom stereocenters. The van der Waals surface area contributed by atoms with Gasteiger partial charge in [-0.25, -0.2) is 0 Å². The summed E-state index contributed by atoms with van der Waals surface area (Å²) in [6, 6.07) is 30.6. The van der Waals surface area contributed by atoms with Crippen LogP contribution in [-0.2, 0) is 6.42 Å². The van der Waals surface area contributed by atoms with Gasteiger partial charge in [-0.05, 0) is 77.9 Å². The summed E-state index contributed by atoms with van der Waals surface area (Å²) in [6.45, 7) is 2.92. The quantitative estimate of drug-likeness (QED) is 0.288. The Morgan fingerprint density at radius 3 is 2.29 bits per heavy atom. The van der Waals surface area contributed by atoms with Gasteiger partial charge in [0.2, 0.25) is 0 Å². The number of rotatable bonds is 6. The molecule has 1 aromatic heterocycles. The Morgan fingerprint density at radius 2 is 1.48 bits per heavy atom. The van der Waals surface area contributed by atoms with E-state index in [9.17, 15) is 0 Å². The molecule has 4 aromatic carbocycles. The fourth-order valence-electron chi connectivity index (χ4n) is 4.66. The standard InChI is InChI=1S/C29H28N2/c1-20-14-16-26(24-12-6-5-11-23(20)24)29-25(13-7-8-18-30)27-19-22(15-17-28(27)31-29)21-9-3-2-4-10-21/h2-6,9-12,14-17,19,31H,7-8,13,18,30H2,1H3. The van der Waals surface area contributed by atoms with Crippen molar-refractivity contribution in [2.45, 2.75) is 26.2 Å². The lowest BCUT2D eigenvalue weighted by Crippen LogP contribution is -1.99. The number of unbranched alkanes of at least 4 members (excludes halogenated alkanes) is 1. The van der Waals surface area contributed by atoms with Gasteiger partial charge in [0.25, 0.3) is 0 Å². The second kappa shape index (κ2) is 8.41. The van der Waals surface area contributed by atoms with E-state index in [-0.39, 0.29) is 0 Å². The lowest BCUT2D eigenvalue weighted by molar-refractivity contribution is 0.748. The second-order valence-electron chi connectivity index (χ2n) is 8.33. The number of benzene rings is 4. The van der Waals surface area contributed by atoms with Gasteiger partial charge in [-0.3, -0.25) is 0 Å². The summed E-state index contributed by atoms with van der Waals surface area (Å²) in [7, 11) is 0. The molecular weight excluding hydrogens is 376 g/mol. The molecule has 154 valence electrons. The van der Waals surface area contributed by atoms with E-state index in [0.29, 0.717) is 0 Å². The van der Waals surface area contributed by atoms with Crippen molar-refractivity contribution in [1.29, 1.82) is 0 Å². The molecule has 0 unspecified atom stereocenters. The second-order valence-corrected chi connectivity index (χ2v) is 8.33. The highest BCUT2D eigenvalue weighted by atomic mass is 14.7. The molecule has 0 aliphatic rings. The Morgan fingerprint density at radius 1 is 0.710 bits per heavy atom. The van der Waals surface area contributed by atoms with Crippen molar-refractivity contribution < 1.29 is 0 Å². The van der Waals surface area contributed by atoms with Crippen molar-refractivity contribution in [2.75, 3.05) is 6.54 Å². The van der Waals surface area contributed by atoms with Crippen LogP contribution < -0.4 is 5.73 Å². The van der Waals surface area contributed by atoms with E-state index in [2.05, 4.69) is 96.8 Å². The first-order chi connectivity index (χ1) is 15.3. The summed E-state index contributed by atoms with van der Waals surface area (Å²) in [6.07, 6.45) is 3.15. The van der Waals surface area contributed by atoms with E-state index in [0.717, 1.165) is 25.8 Å². The smallest absolute Gasteiger partial charge is 0.0503 e. The number of aromatic nitrogens is 1. The van der Waals surface area contributed by atoms with Gasteiger partial charge in [0.15, 0.2) is 0 Å². The van der Waals surface area contributed by atoms with Gasteiger partial charge in [0.1, 0.15) is 0 Å². The molecule has 2 heteroatoms. The Kier molecular flexibility index (Phi) is 5.31. The Hall–Kier alpha value is -3.36. The van der Waals surface area contributed by atoms with Crippen LogP contribution in [0.5, 0.6) is 0 Å². The summed E-state index contributed by atoms with van der Waals surface area (Å²) in [5.74, 6) is 0. The molecule has 5 rings (SSSR count). The minimum Gasteiger partial charge on any atom is -0.354 e. The molecule has 0 fully saturated rings. The number of hydrogen-bond acceptors (Lipinski definition) is 1. The first-order valence-corrected chi connectivity index (χ1v) is 11.1. The third kappa shape index (κ3) is 3.64. The maximum atomic E-state index is 5.81. The van der Waals surface area contributed by atoms with Crippen LogP contribution in [0.25, 0.3) is 44.1 Å². The van der Waals surface area contributed by atoms with Crippen LogP contribution >= 0.6 is 0 Å². The average Bonchev–Trinajstić information content (AvgIpc) is 3.18. The topological polar surface area (TPSA) is 41.8 Å². The van der Waals surface area contributed by atoms with Crippen molar-refractivity contribution in [1.82, 2.24) is 4.98 Å². The molecule has 0 saturated carbocycles. The summed E-state index contributed by atoms with van der Waals surface area (Å²) < 4.78 is 0. The van der Waals surface area contributed by atoms with E-state index in [1.54, 1.807) is 0 Å². The predicted octanol–water partition coefficient (Wildman–Crippen LogP) is 7.24. The van der Waals surface area contributed by atoms with Crippen LogP contribution in [0.4, 0.5) is 0 Å². The monoisotopic (exact) mass is 404 g/mol. The minimum atomic E-state index is 0.737. The van der Waals surface area contributed by atoms with Crippen molar-refractivity contribution in [3.63, 3.8) is 0 Å². The molecule has 5 aromatic rings. The Balaban J connectivity index is 1.73. The molecule has 31 heavy (non-hydrogen) atoms. The Bertz CT molecular complexity index is 1350. The largest absolute Gasteiger partial charge is 0.354 e. The van der Waals surface area contributed by atoms with Gasteiger partial charge < -0.3 is 10.7 Å². The molecule has 2 nitrogen and oxygen atoms in total. The summed E-state index contributed by atoms with van der Waals surface area (Å²) >= 11 is 0. The number of fused-ring (bicyclic) bond motifs is 2. The third-order valence-electron chi connectivity index (χ3n) is 6.31. The lowest BCUT2D eigenvalue weighted by atomic mass is 9.94. The molecule has 0 amide bonds. The van der Waals surface area contributed by atoms with Gasteiger partial charge in [-0.1, -0.05) is 72.8 Å². The number of aromatic amines is 1. The third-order valence-corrected chi connectivity index (χ3v) is 6.31. The number of nitrogens with two attached hydrogens (primary N) is 1. The van der Waals surface area contributed by atoms with Crippen LogP contribution in [0.15, 0.2) is 84.9 Å². The fourth-order valence-corrected chi connectivity index (χ4v) is 4.66. The zero-order valence-corrected chi connectivity index (χ0v) is 18.0. The number of H-pyrrole nitrogens is 1. The lowest BCUT2D eigenvalue weighted by Gasteiger charge is -2.11. The summed E-state index contributed by atoms with van der Waals surface area (Å²) in [4.78, 5) is 3.77. The molecule has 0 bridgehead atoms. The van der Waals surface area contributed by atoms with E-state index in [1.807, 2.05) is 0 Å². The first kappa shape index (κ1) is 19.6. The van der Waals surface area contributed by atoms with E-state index >= 15 is 0 Å². The number of nitrogens with one attached hydrogen (secondary N) is 1. The fraction of sp³-hybridized carbons (Fsp3) is 0.172. The van der Waals surface area contributed by atoms with Crippen molar-refractivity contribution >= 4 is 21.7 Å². The average molecular weight is 405 g/mol. The minimum absolute atomic E-state index is 0.737. The molecular formula is C29H28N2. The van der Waals surface area contributed by atoms with Crippen LogP contribution in [0, 0.1) is 6.92 Å². The molecule has 0 spiro atoms. The molecule has 1 heterocycles. The Labute approximate surface area is 183 Å². The highest BCUT2D eigenvalue weighted by Gasteiger charge is 2.16. The summed E-state index contributed by atoms with van der Waals surface area (Å²) in [5.41, 5.74) is 14.8. The molecule has 0 aliphatic carbocycles. The van der Waals surface area contributed by atoms with Crippen LogP contribution in [-0.4, -0.2) is 11.5 Å². The number of hydrogen-bond donors (Lipinski definition) is 2. The summed E-state index contributed by atoms with van der Waals surface area (Å²) in [5, 5.41) is 3.94. The molecule has 0 aliphatic heterocycles. The molecule has 3 N–H and O–H groups in total. The maximum absolute atomic E-state index is 5.81. The van der Waals surface area contributed by atoms with Crippen molar-refractivity contribution in [2.24, 2.45) is 5.73 Å². The highest BCUT2D eigenvalue weighted by molar-refractivity contribution is 6.02. The van der Waals surface area contributed by atoms with Crippen molar-refractivity contribution in [3.8, 4) is 22.4 Å². The predicted molar refractivity (Wildman–Crippen MR) is 133 cm³/mol. The normalized spacial score (nSPS) is 11.4. The maximum Gasteiger partial charge on any atom is 0.0503 e. The zero-order valence-electron chi connectivity index (χ0n) is 18.0. The zero-order chi connectivity index (χ0) is 21.2. The van der Waals surface area contributed by atoms with Crippen LogP contribution in [0.3, 0.4) is 0 Å². The van der Waals surface area contributed by atoms with Gasteiger partial charge >= 0.3 is 0 Å². The van der Waals surface area contributed by atoms with Gasteiger partial charge in [-0.15, -0.1) is 0 Å². The number of aryl methyl sites for hydroxylation is 2. The molecule has 0 radical (unpaired) electrons. The van der Waals surface area contributed by atoms with Gasteiger partial charge in [0, 0.05) is 16.5 Å². The van der Waals surface area contributed by atoms with Gasteiger partial charge in [0.05, 0.1) is 5.69 Å². The first-order valence-electron chi connectivity index (χ1n) is 11.1. The van der Waals surface area contributed by atoms with Crippen LogP contribution in [0.2, 0.25) is 0 Å². The van der Waals surface area contributed by atoms with Crippen LogP contribution in [0.1, 0.15) is 24.0 Å².